The average Bonchev–Trinajstić information content (AvgIpc) is 3.29. The topological polar surface area (TPSA) is 21.6 Å². The molecule has 0 amide bonds. The minimum absolute atomic E-state index is 0.770. The molecule has 0 radical (unpaired) electrons. The first-order valence-electron chi connectivity index (χ1n) is 9.29. The van der Waals surface area contributed by atoms with Gasteiger partial charge in [0, 0.05) is 35.1 Å². The van der Waals surface area contributed by atoms with Gasteiger partial charge in [-0.15, -0.1) is 0 Å². The average molecular weight is 382 g/mol. The van der Waals surface area contributed by atoms with Crippen molar-refractivity contribution >= 4 is 33.6 Å². The second kappa shape index (κ2) is 6.77. The van der Waals surface area contributed by atoms with Gasteiger partial charge in [0.1, 0.15) is 5.76 Å². The van der Waals surface area contributed by atoms with Crippen molar-refractivity contribution in [2.75, 3.05) is 0 Å². The van der Waals surface area contributed by atoms with Crippen molar-refractivity contribution in [3.63, 3.8) is 0 Å². The van der Waals surface area contributed by atoms with Crippen LogP contribution in [0.25, 0.3) is 16.5 Å². The van der Waals surface area contributed by atoms with Gasteiger partial charge in [0.2, 0.25) is 5.72 Å². The number of thiophene rings is 1. The fraction of sp³-hybridized carbons (Fsp3) is 0.0800. The Bertz CT molecular complexity index is 1190. The predicted molar refractivity (Wildman–Crippen MR) is 118 cm³/mol. The van der Waals surface area contributed by atoms with Crippen LogP contribution in [0.3, 0.4) is 0 Å². The number of fused-ring (bicyclic) bond motifs is 1. The Kier molecular flexibility index (Phi) is 4.10. The molecule has 1 atom stereocenters. The van der Waals surface area contributed by atoms with E-state index in [1.54, 1.807) is 11.3 Å². The first-order chi connectivity index (χ1) is 13.7. The zero-order valence-electron chi connectivity index (χ0n) is 15.5. The molecule has 0 saturated heterocycles. The Hall–Kier alpha value is -3.17. The van der Waals surface area contributed by atoms with E-state index in [9.17, 15) is 0 Å². The molecule has 0 spiro atoms. The largest absolute Gasteiger partial charge is 0.461 e. The summed E-state index contributed by atoms with van der Waals surface area (Å²) in [6, 6.07) is 27.2. The zero-order valence-corrected chi connectivity index (χ0v) is 16.3. The van der Waals surface area contributed by atoms with E-state index in [-0.39, 0.29) is 0 Å². The molecule has 0 saturated carbocycles. The lowest BCUT2D eigenvalue weighted by molar-refractivity contribution is 0.0621. The van der Waals surface area contributed by atoms with Crippen molar-refractivity contribution in [3.8, 4) is 0 Å². The number of aliphatic imine (C=N–C) groups is 1. The summed E-state index contributed by atoms with van der Waals surface area (Å²) in [4.78, 5) is 5.04. The fourth-order valence-corrected chi connectivity index (χ4v) is 4.21. The molecule has 0 aliphatic carbocycles. The summed E-state index contributed by atoms with van der Waals surface area (Å²) in [5.74, 6) is 0.853. The van der Waals surface area contributed by atoms with Crippen molar-refractivity contribution in [1.29, 1.82) is 0 Å². The Labute approximate surface area is 168 Å². The summed E-state index contributed by atoms with van der Waals surface area (Å²) in [5.41, 5.74) is 3.38. The molecule has 1 aliphatic rings. The molecule has 5 rings (SSSR count). The Morgan fingerprint density at radius 3 is 2.39 bits per heavy atom. The van der Waals surface area contributed by atoms with Gasteiger partial charge < -0.3 is 4.74 Å². The standard InChI is InChI=1S/C25H19NOS/c1-25(22-9-3-2-4-10-22)26-23(16-24(27-25)21-13-14-28-17-21)20-12-11-18-7-5-6-8-19(18)15-20/h2-17H,1H3. The van der Waals surface area contributed by atoms with Gasteiger partial charge in [-0.25, -0.2) is 4.99 Å². The van der Waals surface area contributed by atoms with Crippen LogP contribution in [0, 0.1) is 0 Å². The van der Waals surface area contributed by atoms with E-state index in [1.165, 1.54) is 10.8 Å². The van der Waals surface area contributed by atoms with Gasteiger partial charge in [-0.3, -0.25) is 0 Å². The first-order valence-corrected chi connectivity index (χ1v) is 10.2. The highest BCUT2D eigenvalue weighted by Crippen LogP contribution is 2.37. The molecule has 136 valence electrons. The maximum atomic E-state index is 6.42. The maximum Gasteiger partial charge on any atom is 0.224 e. The van der Waals surface area contributed by atoms with Crippen molar-refractivity contribution in [3.05, 3.63) is 112 Å². The summed E-state index contributed by atoms with van der Waals surface area (Å²) in [6.45, 7) is 2.03. The number of benzene rings is 3. The van der Waals surface area contributed by atoms with Crippen LogP contribution < -0.4 is 0 Å². The van der Waals surface area contributed by atoms with Crippen molar-refractivity contribution in [1.82, 2.24) is 0 Å². The predicted octanol–water partition coefficient (Wildman–Crippen LogP) is 6.63. The van der Waals surface area contributed by atoms with Crippen LogP contribution in [0.4, 0.5) is 0 Å². The third-order valence-corrected chi connectivity index (χ3v) is 5.75. The second-order valence-electron chi connectivity index (χ2n) is 7.03. The van der Waals surface area contributed by atoms with E-state index in [2.05, 4.69) is 77.5 Å². The summed E-state index contributed by atoms with van der Waals surface area (Å²) in [6.07, 6.45) is 2.05. The van der Waals surface area contributed by atoms with Gasteiger partial charge in [0.25, 0.3) is 0 Å². The molecule has 28 heavy (non-hydrogen) atoms. The van der Waals surface area contributed by atoms with Gasteiger partial charge in [0.15, 0.2) is 0 Å². The number of hydrogen-bond donors (Lipinski definition) is 0. The highest BCUT2D eigenvalue weighted by molar-refractivity contribution is 7.08. The molecule has 4 aromatic rings. The van der Waals surface area contributed by atoms with Crippen molar-refractivity contribution < 1.29 is 4.74 Å². The summed E-state index contributed by atoms with van der Waals surface area (Å²) in [5, 5.41) is 6.62. The number of ether oxygens (including phenoxy) is 1. The number of nitrogens with zero attached hydrogens (tertiary/aromatic N) is 1. The highest BCUT2D eigenvalue weighted by Gasteiger charge is 2.33. The highest BCUT2D eigenvalue weighted by atomic mass is 32.1. The Morgan fingerprint density at radius 2 is 1.61 bits per heavy atom. The van der Waals surface area contributed by atoms with E-state index < -0.39 is 5.72 Å². The number of rotatable bonds is 3. The van der Waals surface area contributed by atoms with E-state index in [0.717, 1.165) is 28.2 Å². The molecular formula is C25H19NOS. The van der Waals surface area contributed by atoms with Gasteiger partial charge in [-0.05, 0) is 28.3 Å². The van der Waals surface area contributed by atoms with Crippen LogP contribution in [0.1, 0.15) is 23.6 Å². The Balaban J connectivity index is 1.67. The third kappa shape index (κ3) is 3.04. The lowest BCUT2D eigenvalue weighted by atomic mass is 9.99. The summed E-state index contributed by atoms with van der Waals surface area (Å²) < 4.78 is 6.42. The first kappa shape index (κ1) is 17.0. The van der Waals surface area contributed by atoms with Crippen LogP contribution in [0.2, 0.25) is 0 Å². The van der Waals surface area contributed by atoms with Crippen LogP contribution in [-0.2, 0) is 10.5 Å². The molecule has 3 heteroatoms. The number of hydrogen-bond acceptors (Lipinski definition) is 3. The van der Waals surface area contributed by atoms with E-state index in [1.807, 2.05) is 25.1 Å². The van der Waals surface area contributed by atoms with Gasteiger partial charge in [0.05, 0.1) is 5.71 Å². The fourth-order valence-electron chi connectivity index (χ4n) is 3.57. The summed E-state index contributed by atoms with van der Waals surface area (Å²) >= 11 is 1.67. The zero-order chi connectivity index (χ0) is 19.0. The minimum Gasteiger partial charge on any atom is -0.461 e. The number of allylic oxidation sites excluding steroid dienone is 1. The quantitative estimate of drug-likeness (QED) is 0.390. The van der Waals surface area contributed by atoms with Gasteiger partial charge in [-0.1, -0.05) is 66.7 Å². The molecule has 1 unspecified atom stereocenters. The molecule has 3 aromatic carbocycles. The lowest BCUT2D eigenvalue weighted by Crippen LogP contribution is -2.28. The molecule has 2 nitrogen and oxygen atoms in total. The van der Waals surface area contributed by atoms with Crippen LogP contribution in [0.15, 0.2) is 101 Å². The van der Waals surface area contributed by atoms with Crippen molar-refractivity contribution in [2.45, 2.75) is 12.6 Å². The monoisotopic (exact) mass is 381 g/mol. The summed E-state index contributed by atoms with van der Waals surface area (Å²) in [7, 11) is 0. The SMILES string of the molecule is CC1(c2ccccc2)N=C(c2ccc3ccccc3c2)C=C(c2ccsc2)O1. The molecule has 1 aliphatic heterocycles. The van der Waals surface area contributed by atoms with Crippen molar-refractivity contribution in [2.24, 2.45) is 4.99 Å². The van der Waals surface area contributed by atoms with E-state index in [4.69, 9.17) is 9.73 Å². The van der Waals surface area contributed by atoms with Crippen LogP contribution >= 0.6 is 11.3 Å². The van der Waals surface area contributed by atoms with Crippen LogP contribution in [0.5, 0.6) is 0 Å². The molecule has 0 bridgehead atoms. The molecular weight excluding hydrogens is 362 g/mol. The smallest absolute Gasteiger partial charge is 0.224 e. The van der Waals surface area contributed by atoms with Crippen LogP contribution in [-0.4, -0.2) is 5.71 Å². The lowest BCUT2D eigenvalue weighted by Gasteiger charge is -2.32. The molecule has 0 N–H and O–H groups in total. The Morgan fingerprint density at radius 1 is 0.821 bits per heavy atom. The minimum atomic E-state index is -0.770. The van der Waals surface area contributed by atoms with E-state index in [0.29, 0.717) is 0 Å². The second-order valence-corrected chi connectivity index (χ2v) is 7.81. The van der Waals surface area contributed by atoms with Gasteiger partial charge in [-0.2, -0.15) is 11.3 Å². The molecule has 0 fully saturated rings. The molecule has 1 aromatic heterocycles. The van der Waals surface area contributed by atoms with E-state index >= 15 is 0 Å². The molecule has 2 heterocycles. The normalized spacial score (nSPS) is 19.0. The third-order valence-electron chi connectivity index (χ3n) is 5.07. The maximum absolute atomic E-state index is 6.42. The van der Waals surface area contributed by atoms with Gasteiger partial charge >= 0.3 is 0 Å².